The number of likely N-dealkylation sites (tertiary alicyclic amines) is 1. The second-order valence-electron chi connectivity index (χ2n) is 8.37. The summed E-state index contributed by atoms with van der Waals surface area (Å²) in [6.07, 6.45) is -1.52. The van der Waals surface area contributed by atoms with E-state index in [-0.39, 0.29) is 23.8 Å². The lowest BCUT2D eigenvalue weighted by Gasteiger charge is -2.25. The van der Waals surface area contributed by atoms with E-state index in [0.717, 1.165) is 12.1 Å². The van der Waals surface area contributed by atoms with Gasteiger partial charge in [0, 0.05) is 13.1 Å². The molecular weight excluding hydrogens is 525 g/mol. The van der Waals surface area contributed by atoms with Gasteiger partial charge in [0.05, 0.1) is 40.9 Å². The number of aldehydes is 1. The predicted octanol–water partition coefficient (Wildman–Crippen LogP) is 1.60. The first-order valence-corrected chi connectivity index (χ1v) is 13.7. The lowest BCUT2D eigenvalue weighted by molar-refractivity contribution is -0.137. The SMILES string of the molecule is CC.NC(N)=NCCC[C@@H](C=O)NC(=O)CN1CCCC[C@H](NS(=O)Cc2cccc(C(F)(F)F)c2)C1=O. The molecule has 0 aliphatic carbocycles. The van der Waals surface area contributed by atoms with E-state index >= 15 is 0 Å². The molecule has 0 aromatic heterocycles. The molecule has 1 saturated heterocycles. The van der Waals surface area contributed by atoms with Gasteiger partial charge in [0.1, 0.15) is 6.29 Å². The van der Waals surface area contributed by atoms with Crippen molar-refractivity contribution in [3.05, 3.63) is 35.4 Å². The van der Waals surface area contributed by atoms with Gasteiger partial charge in [0.25, 0.3) is 0 Å². The van der Waals surface area contributed by atoms with Crippen LogP contribution in [0.4, 0.5) is 13.2 Å². The fourth-order valence-electron chi connectivity index (χ4n) is 3.68. The number of nitrogens with one attached hydrogen (secondary N) is 2. The summed E-state index contributed by atoms with van der Waals surface area (Å²) in [5.74, 6) is -1.24. The molecule has 1 aromatic carbocycles. The van der Waals surface area contributed by atoms with E-state index in [1.807, 2.05) is 13.8 Å². The minimum Gasteiger partial charge on any atom is -0.370 e. The number of hydrogen-bond donors (Lipinski definition) is 4. The Morgan fingerprint density at radius 3 is 2.63 bits per heavy atom. The van der Waals surface area contributed by atoms with Crippen molar-refractivity contribution < 1.29 is 31.8 Å². The number of amides is 2. The van der Waals surface area contributed by atoms with Crippen molar-refractivity contribution in [2.45, 2.75) is 70.0 Å². The third-order valence-corrected chi connectivity index (χ3v) is 6.56. The molecule has 0 spiro atoms. The van der Waals surface area contributed by atoms with Gasteiger partial charge < -0.3 is 26.5 Å². The van der Waals surface area contributed by atoms with E-state index in [1.54, 1.807) is 0 Å². The van der Waals surface area contributed by atoms with Crippen molar-refractivity contribution >= 4 is 35.0 Å². The number of benzene rings is 1. The number of carbonyl (C=O) groups excluding carboxylic acids is 3. The first-order valence-electron chi connectivity index (χ1n) is 12.4. The van der Waals surface area contributed by atoms with E-state index in [9.17, 15) is 31.8 Å². The summed E-state index contributed by atoms with van der Waals surface area (Å²) in [4.78, 5) is 41.9. The maximum absolute atomic E-state index is 13.0. The number of aliphatic imine (C=N–C) groups is 1. The van der Waals surface area contributed by atoms with Crippen LogP contribution in [0.1, 0.15) is 57.1 Å². The van der Waals surface area contributed by atoms with Crippen LogP contribution >= 0.6 is 0 Å². The average Bonchev–Trinajstić information content (AvgIpc) is 3.03. The van der Waals surface area contributed by atoms with Crippen molar-refractivity contribution in [1.29, 1.82) is 0 Å². The monoisotopic (exact) mass is 562 g/mol. The zero-order valence-corrected chi connectivity index (χ0v) is 22.4. The zero-order valence-electron chi connectivity index (χ0n) is 21.6. The minimum absolute atomic E-state index is 0.0692. The number of hydrogen-bond acceptors (Lipinski definition) is 5. The predicted molar refractivity (Wildman–Crippen MR) is 140 cm³/mol. The molecule has 38 heavy (non-hydrogen) atoms. The minimum atomic E-state index is -4.52. The first kappa shape index (κ1) is 33.0. The van der Waals surface area contributed by atoms with E-state index in [2.05, 4.69) is 15.0 Å². The Morgan fingerprint density at radius 1 is 1.29 bits per heavy atom. The first-order chi connectivity index (χ1) is 18.0. The van der Waals surface area contributed by atoms with Crippen molar-refractivity contribution in [3.8, 4) is 0 Å². The highest BCUT2D eigenvalue weighted by Crippen LogP contribution is 2.29. The fourth-order valence-corrected chi connectivity index (χ4v) is 4.78. The average molecular weight is 563 g/mol. The number of nitrogens with two attached hydrogens (primary N) is 2. The van der Waals surface area contributed by atoms with Gasteiger partial charge in [-0.05, 0) is 43.7 Å². The van der Waals surface area contributed by atoms with E-state index in [4.69, 9.17) is 11.5 Å². The molecule has 1 heterocycles. The highest BCUT2D eigenvalue weighted by Gasteiger charge is 2.31. The number of alkyl halides is 3. The molecule has 10 nitrogen and oxygen atoms in total. The van der Waals surface area contributed by atoms with Crippen LogP contribution < -0.4 is 21.5 Å². The van der Waals surface area contributed by atoms with Crippen molar-refractivity contribution in [1.82, 2.24) is 14.9 Å². The van der Waals surface area contributed by atoms with Gasteiger partial charge in [0.2, 0.25) is 11.8 Å². The standard InChI is InChI=1S/C22H31F3N6O4S.C2H6/c23-22(24,25)16-6-3-5-15(11-16)14-36(35)30-18-8-1-2-10-31(20(18)34)12-19(33)29-17(13-32)7-4-9-28-21(26)27;1-2/h3,5-6,11,13,17-18,30H,1-2,4,7-10,12,14H2,(H,29,33)(H4,26,27,28);1-2H3/t17-,18-,36?;/m0./s1. The normalized spacial score (nSPS) is 17.3. The number of nitrogens with zero attached hydrogens (tertiary/aromatic N) is 2. The molecule has 214 valence electrons. The Morgan fingerprint density at radius 2 is 2.00 bits per heavy atom. The fraction of sp³-hybridized carbons (Fsp3) is 0.583. The van der Waals surface area contributed by atoms with Gasteiger partial charge in [-0.15, -0.1) is 0 Å². The van der Waals surface area contributed by atoms with Crippen molar-refractivity contribution in [2.75, 3.05) is 19.6 Å². The third-order valence-electron chi connectivity index (χ3n) is 5.42. The lowest BCUT2D eigenvalue weighted by Crippen LogP contribution is -2.50. The molecule has 2 amide bonds. The maximum atomic E-state index is 13.0. The van der Waals surface area contributed by atoms with Crippen LogP contribution in [0.25, 0.3) is 0 Å². The van der Waals surface area contributed by atoms with Gasteiger partial charge in [0.15, 0.2) is 5.96 Å². The molecule has 3 atom stereocenters. The smallest absolute Gasteiger partial charge is 0.370 e. The van der Waals surface area contributed by atoms with E-state index in [0.29, 0.717) is 51.5 Å². The number of halogens is 3. The Balaban J connectivity index is 0.00000352. The third kappa shape index (κ3) is 12.0. The largest absolute Gasteiger partial charge is 0.416 e. The molecule has 6 N–H and O–H groups in total. The maximum Gasteiger partial charge on any atom is 0.416 e. The van der Waals surface area contributed by atoms with Gasteiger partial charge in [-0.3, -0.25) is 14.6 Å². The van der Waals surface area contributed by atoms with Crippen molar-refractivity contribution in [3.63, 3.8) is 0 Å². The summed E-state index contributed by atoms with van der Waals surface area (Å²) in [5, 5.41) is 2.56. The topological polar surface area (TPSA) is 160 Å². The zero-order chi connectivity index (χ0) is 28.7. The highest BCUT2D eigenvalue weighted by atomic mass is 32.2. The molecule has 1 aliphatic rings. The molecule has 2 rings (SSSR count). The molecule has 0 saturated carbocycles. The Bertz CT molecular complexity index is 973. The van der Waals surface area contributed by atoms with Crippen LogP contribution in [0.5, 0.6) is 0 Å². The van der Waals surface area contributed by atoms with Gasteiger partial charge in [-0.2, -0.15) is 13.2 Å². The molecule has 14 heteroatoms. The summed E-state index contributed by atoms with van der Waals surface area (Å²) < 4.78 is 54.0. The van der Waals surface area contributed by atoms with Crippen LogP contribution in [0.2, 0.25) is 0 Å². The van der Waals surface area contributed by atoms with E-state index < -0.39 is 46.6 Å². The molecule has 0 radical (unpaired) electrons. The van der Waals surface area contributed by atoms with Crippen LogP contribution in [-0.2, 0) is 37.3 Å². The quantitative estimate of drug-likeness (QED) is 0.131. The number of carbonyl (C=O) groups is 3. The highest BCUT2D eigenvalue weighted by molar-refractivity contribution is 7.82. The Kier molecular flexibility index (Phi) is 14.6. The molecular formula is C24H37F3N6O4S. The summed E-state index contributed by atoms with van der Waals surface area (Å²) in [6, 6.07) is 2.90. The van der Waals surface area contributed by atoms with Crippen LogP contribution in [-0.4, -0.2) is 64.9 Å². The summed E-state index contributed by atoms with van der Waals surface area (Å²) in [7, 11) is -1.82. The Labute approximate surface area is 223 Å². The molecule has 0 bridgehead atoms. The number of rotatable bonds is 12. The number of guanidine groups is 1. The Hall–Kier alpha value is -3.00. The molecule has 1 aliphatic heterocycles. The summed E-state index contributed by atoms with van der Waals surface area (Å²) >= 11 is 0. The van der Waals surface area contributed by atoms with Gasteiger partial charge in [-0.25, -0.2) is 8.93 Å². The van der Waals surface area contributed by atoms with E-state index in [1.165, 1.54) is 17.0 Å². The van der Waals surface area contributed by atoms with Crippen LogP contribution in [0, 0.1) is 0 Å². The van der Waals surface area contributed by atoms with Crippen LogP contribution in [0.3, 0.4) is 0 Å². The molecule has 1 unspecified atom stereocenters. The second kappa shape index (κ2) is 16.8. The molecule has 1 aromatic rings. The van der Waals surface area contributed by atoms with Gasteiger partial charge >= 0.3 is 6.18 Å². The molecule has 1 fully saturated rings. The van der Waals surface area contributed by atoms with Gasteiger partial charge in [-0.1, -0.05) is 32.0 Å². The summed E-state index contributed by atoms with van der Waals surface area (Å²) in [6.45, 7) is 4.33. The second-order valence-corrected chi connectivity index (χ2v) is 9.59. The van der Waals surface area contributed by atoms with Crippen molar-refractivity contribution in [2.24, 2.45) is 16.5 Å². The van der Waals surface area contributed by atoms with Crippen LogP contribution in [0.15, 0.2) is 29.3 Å². The lowest BCUT2D eigenvalue weighted by atomic mass is 10.1. The summed E-state index contributed by atoms with van der Waals surface area (Å²) in [5.41, 5.74) is 9.85.